The zero-order valence-corrected chi connectivity index (χ0v) is 14.7. The molecule has 0 saturated heterocycles. The monoisotopic (exact) mass is 353 g/mol. The molecule has 5 nitrogen and oxygen atoms in total. The molecule has 0 radical (unpaired) electrons. The van der Waals surface area contributed by atoms with Crippen LogP contribution in [0.4, 0.5) is 0 Å². The van der Waals surface area contributed by atoms with E-state index < -0.39 is 0 Å². The summed E-state index contributed by atoms with van der Waals surface area (Å²) >= 11 is 5.88. The molecule has 1 aliphatic carbocycles. The molecule has 1 N–H and O–H groups in total. The lowest BCUT2D eigenvalue weighted by Crippen LogP contribution is -2.35. The lowest BCUT2D eigenvalue weighted by molar-refractivity contribution is -0.148. The molecule has 0 heterocycles. The average Bonchev–Trinajstić information content (AvgIpc) is 3.04. The van der Waals surface area contributed by atoms with Crippen molar-refractivity contribution in [1.29, 1.82) is 0 Å². The van der Waals surface area contributed by atoms with E-state index in [-0.39, 0.29) is 30.9 Å². The van der Waals surface area contributed by atoms with Crippen molar-refractivity contribution in [2.75, 3.05) is 13.2 Å². The number of halogens is 1. The number of rotatable bonds is 8. The normalized spacial score (nSPS) is 14.4. The third-order valence-corrected chi connectivity index (χ3v) is 4.24. The van der Waals surface area contributed by atoms with Gasteiger partial charge in [0.25, 0.3) is 5.91 Å². The smallest absolute Gasteiger partial charge is 0.306 e. The molecule has 1 aromatic carbocycles. The van der Waals surface area contributed by atoms with Crippen molar-refractivity contribution in [3.63, 3.8) is 0 Å². The molecule has 1 saturated carbocycles. The van der Waals surface area contributed by atoms with Crippen LogP contribution in [0.15, 0.2) is 18.2 Å². The van der Waals surface area contributed by atoms with Crippen LogP contribution in [-0.4, -0.2) is 31.1 Å². The Morgan fingerprint density at radius 2 is 2.04 bits per heavy atom. The molecule has 132 valence electrons. The molecule has 1 aliphatic rings. The van der Waals surface area contributed by atoms with Crippen molar-refractivity contribution >= 4 is 23.5 Å². The topological polar surface area (TPSA) is 64.6 Å². The first-order valence-corrected chi connectivity index (χ1v) is 8.76. The van der Waals surface area contributed by atoms with E-state index >= 15 is 0 Å². The van der Waals surface area contributed by atoms with Crippen LogP contribution in [0, 0.1) is 6.92 Å². The van der Waals surface area contributed by atoms with Crippen LogP contribution in [0.2, 0.25) is 5.02 Å². The summed E-state index contributed by atoms with van der Waals surface area (Å²) in [4.78, 5) is 23.3. The van der Waals surface area contributed by atoms with E-state index in [1.54, 1.807) is 6.07 Å². The maximum atomic E-state index is 11.7. The molecule has 0 aromatic heterocycles. The summed E-state index contributed by atoms with van der Waals surface area (Å²) in [7, 11) is 0. The van der Waals surface area contributed by atoms with Crippen LogP contribution in [-0.2, 0) is 14.3 Å². The van der Waals surface area contributed by atoms with E-state index in [9.17, 15) is 9.59 Å². The molecule has 6 heteroatoms. The van der Waals surface area contributed by atoms with Crippen LogP contribution in [0.3, 0.4) is 0 Å². The summed E-state index contributed by atoms with van der Waals surface area (Å²) < 4.78 is 10.6. The third kappa shape index (κ3) is 6.40. The van der Waals surface area contributed by atoms with E-state index in [1.807, 2.05) is 19.1 Å². The Bertz CT molecular complexity index is 570. The number of esters is 1. The Kier molecular flexibility index (Phi) is 7.37. The van der Waals surface area contributed by atoms with E-state index in [0.29, 0.717) is 18.1 Å². The van der Waals surface area contributed by atoms with Crippen molar-refractivity contribution < 1.29 is 19.1 Å². The molecule has 0 aliphatic heterocycles. The number of hydrogen-bond donors (Lipinski definition) is 1. The van der Waals surface area contributed by atoms with Gasteiger partial charge in [-0.15, -0.1) is 0 Å². The van der Waals surface area contributed by atoms with Gasteiger partial charge in [0.15, 0.2) is 6.61 Å². The molecule has 1 fully saturated rings. The van der Waals surface area contributed by atoms with Gasteiger partial charge in [-0.1, -0.05) is 24.4 Å². The first-order chi connectivity index (χ1) is 11.5. The Morgan fingerprint density at radius 1 is 1.29 bits per heavy atom. The minimum absolute atomic E-state index is 0.202. The fraction of sp³-hybridized carbons (Fsp3) is 0.556. The highest BCUT2D eigenvalue weighted by Crippen LogP contribution is 2.22. The Balaban J connectivity index is 1.56. The van der Waals surface area contributed by atoms with Gasteiger partial charge < -0.3 is 14.8 Å². The summed E-state index contributed by atoms with van der Waals surface area (Å²) in [5.41, 5.74) is 0.952. The molecule has 1 amide bonds. The van der Waals surface area contributed by atoms with Crippen molar-refractivity contribution in [3.8, 4) is 5.75 Å². The number of amides is 1. The van der Waals surface area contributed by atoms with Gasteiger partial charge in [0.05, 0.1) is 6.61 Å². The molecule has 24 heavy (non-hydrogen) atoms. The predicted molar refractivity (Wildman–Crippen MR) is 92.3 cm³/mol. The van der Waals surface area contributed by atoms with Gasteiger partial charge >= 0.3 is 5.97 Å². The SMILES string of the molecule is Cc1cc(Cl)ccc1OCCCC(=O)OCC(=O)NC1CCCC1. The Labute approximate surface area is 147 Å². The van der Waals surface area contributed by atoms with Crippen molar-refractivity contribution in [2.45, 2.75) is 51.5 Å². The molecule has 0 spiro atoms. The Hall–Kier alpha value is -1.75. The molecule has 0 bridgehead atoms. The number of carbonyl (C=O) groups is 2. The van der Waals surface area contributed by atoms with Crippen molar-refractivity contribution in [2.24, 2.45) is 0 Å². The van der Waals surface area contributed by atoms with E-state index in [0.717, 1.165) is 37.0 Å². The first kappa shape index (κ1) is 18.6. The number of hydrogen-bond acceptors (Lipinski definition) is 4. The van der Waals surface area contributed by atoms with Gasteiger partial charge in [-0.05, 0) is 49.9 Å². The second-order valence-corrected chi connectivity index (χ2v) is 6.51. The fourth-order valence-electron chi connectivity index (χ4n) is 2.73. The second kappa shape index (κ2) is 9.52. The first-order valence-electron chi connectivity index (χ1n) is 8.38. The van der Waals surface area contributed by atoms with Gasteiger partial charge in [0.2, 0.25) is 0 Å². The molecule has 0 unspecified atom stereocenters. The Morgan fingerprint density at radius 3 is 2.75 bits per heavy atom. The number of benzene rings is 1. The predicted octanol–water partition coefficient (Wildman–Crippen LogP) is 3.41. The van der Waals surface area contributed by atoms with Gasteiger partial charge in [-0.3, -0.25) is 9.59 Å². The van der Waals surface area contributed by atoms with E-state index in [2.05, 4.69) is 5.32 Å². The molecule has 1 aromatic rings. The average molecular weight is 354 g/mol. The number of aryl methyl sites for hydroxylation is 1. The highest BCUT2D eigenvalue weighted by Gasteiger charge is 2.17. The van der Waals surface area contributed by atoms with Gasteiger partial charge in [0, 0.05) is 17.5 Å². The lowest BCUT2D eigenvalue weighted by atomic mass is 10.2. The van der Waals surface area contributed by atoms with Crippen LogP contribution >= 0.6 is 11.6 Å². The molecular formula is C18H24ClNO4. The van der Waals surface area contributed by atoms with Crippen LogP contribution in [0.25, 0.3) is 0 Å². The van der Waals surface area contributed by atoms with Crippen LogP contribution in [0.1, 0.15) is 44.1 Å². The van der Waals surface area contributed by atoms with Crippen molar-refractivity contribution in [3.05, 3.63) is 28.8 Å². The number of nitrogens with one attached hydrogen (secondary N) is 1. The van der Waals surface area contributed by atoms with Gasteiger partial charge in [-0.25, -0.2) is 0 Å². The largest absolute Gasteiger partial charge is 0.493 e. The van der Waals surface area contributed by atoms with Crippen LogP contribution in [0.5, 0.6) is 5.75 Å². The summed E-state index contributed by atoms with van der Waals surface area (Å²) in [5.74, 6) is 0.153. The summed E-state index contributed by atoms with van der Waals surface area (Å²) in [6.45, 7) is 2.12. The maximum Gasteiger partial charge on any atom is 0.306 e. The fourth-order valence-corrected chi connectivity index (χ4v) is 2.96. The third-order valence-electron chi connectivity index (χ3n) is 4.00. The quantitative estimate of drug-likeness (QED) is 0.574. The van der Waals surface area contributed by atoms with Gasteiger partial charge in [0.1, 0.15) is 5.75 Å². The van der Waals surface area contributed by atoms with Crippen LogP contribution < -0.4 is 10.1 Å². The second-order valence-electron chi connectivity index (χ2n) is 6.07. The van der Waals surface area contributed by atoms with Crippen molar-refractivity contribution in [1.82, 2.24) is 5.32 Å². The minimum Gasteiger partial charge on any atom is -0.493 e. The number of carbonyl (C=O) groups excluding carboxylic acids is 2. The van der Waals surface area contributed by atoms with E-state index in [4.69, 9.17) is 21.1 Å². The highest BCUT2D eigenvalue weighted by molar-refractivity contribution is 6.30. The molecule has 0 atom stereocenters. The van der Waals surface area contributed by atoms with Gasteiger partial charge in [-0.2, -0.15) is 0 Å². The zero-order valence-electron chi connectivity index (χ0n) is 14.0. The molecule has 2 rings (SSSR count). The van der Waals surface area contributed by atoms with E-state index in [1.165, 1.54) is 0 Å². The summed E-state index contributed by atoms with van der Waals surface area (Å²) in [5, 5.41) is 3.55. The maximum absolute atomic E-state index is 11.7. The number of ether oxygens (including phenoxy) is 2. The summed E-state index contributed by atoms with van der Waals surface area (Å²) in [6.07, 6.45) is 5.09. The standard InChI is InChI=1S/C18H24ClNO4/c1-13-11-14(19)8-9-16(13)23-10-4-7-18(22)24-12-17(21)20-15-5-2-3-6-15/h8-9,11,15H,2-7,10,12H2,1H3,(H,20,21). The highest BCUT2D eigenvalue weighted by atomic mass is 35.5. The zero-order chi connectivity index (χ0) is 17.4. The minimum atomic E-state index is -0.381. The lowest BCUT2D eigenvalue weighted by Gasteiger charge is -2.12. The summed E-state index contributed by atoms with van der Waals surface area (Å²) in [6, 6.07) is 5.64. The molecular weight excluding hydrogens is 330 g/mol.